The molecule has 1 N–H and O–H groups in total. The summed E-state index contributed by atoms with van der Waals surface area (Å²) in [6.07, 6.45) is 5.32. The predicted octanol–water partition coefficient (Wildman–Crippen LogP) is 1.02. The first-order valence-electron chi connectivity index (χ1n) is 5.38. The molecule has 0 radical (unpaired) electrons. The van der Waals surface area contributed by atoms with Crippen molar-refractivity contribution in [3.63, 3.8) is 0 Å². The van der Waals surface area contributed by atoms with Crippen molar-refractivity contribution in [2.24, 2.45) is 0 Å². The average Bonchev–Trinajstić information content (AvgIpc) is 3.04. The Morgan fingerprint density at radius 3 is 2.82 bits per heavy atom. The summed E-state index contributed by atoms with van der Waals surface area (Å²) in [7, 11) is 0. The zero-order valence-corrected chi connectivity index (χ0v) is 8.96. The van der Waals surface area contributed by atoms with Gasteiger partial charge in [-0.05, 0) is 25.0 Å². The Morgan fingerprint density at radius 1 is 1.35 bits per heavy atom. The summed E-state index contributed by atoms with van der Waals surface area (Å²) in [4.78, 5) is 19.6. The third-order valence-corrected chi connectivity index (χ3v) is 2.47. The smallest absolute Gasteiger partial charge is 0.316 e. The Kier molecular flexibility index (Phi) is 2.32. The van der Waals surface area contributed by atoms with Crippen molar-refractivity contribution in [2.45, 2.75) is 18.9 Å². The standard InChI is InChI=1S/C11H10N4O2/c16-10(13-8-1-2-8)11-14-9(15-17-11)7-3-5-12-6-4-7/h3-6,8H,1-2H2,(H,13,16). The van der Waals surface area contributed by atoms with Crippen molar-refractivity contribution >= 4 is 5.91 Å². The highest BCUT2D eigenvalue weighted by Crippen LogP contribution is 2.19. The molecule has 0 aromatic carbocycles. The zero-order valence-electron chi connectivity index (χ0n) is 8.96. The SMILES string of the molecule is O=C(NC1CC1)c1nc(-c2ccncc2)no1. The number of nitrogens with one attached hydrogen (secondary N) is 1. The van der Waals surface area contributed by atoms with E-state index in [0.717, 1.165) is 18.4 Å². The molecule has 0 saturated heterocycles. The first-order chi connectivity index (χ1) is 8.33. The van der Waals surface area contributed by atoms with E-state index in [0.29, 0.717) is 5.82 Å². The monoisotopic (exact) mass is 230 g/mol. The van der Waals surface area contributed by atoms with Crippen molar-refractivity contribution in [1.82, 2.24) is 20.4 Å². The van der Waals surface area contributed by atoms with Gasteiger partial charge in [0.2, 0.25) is 5.82 Å². The van der Waals surface area contributed by atoms with E-state index in [1.807, 2.05) is 0 Å². The van der Waals surface area contributed by atoms with Gasteiger partial charge in [-0.1, -0.05) is 5.16 Å². The van der Waals surface area contributed by atoms with Gasteiger partial charge in [0.15, 0.2) is 0 Å². The second kappa shape index (κ2) is 3.97. The fourth-order valence-electron chi connectivity index (χ4n) is 1.41. The lowest BCUT2D eigenvalue weighted by Gasteiger charge is -1.95. The van der Waals surface area contributed by atoms with Crippen molar-refractivity contribution in [3.8, 4) is 11.4 Å². The number of nitrogens with zero attached hydrogens (tertiary/aromatic N) is 3. The molecule has 0 bridgehead atoms. The van der Waals surface area contributed by atoms with E-state index in [1.165, 1.54) is 0 Å². The van der Waals surface area contributed by atoms with E-state index in [1.54, 1.807) is 24.5 Å². The van der Waals surface area contributed by atoms with Gasteiger partial charge in [-0.15, -0.1) is 0 Å². The number of hydrogen-bond donors (Lipinski definition) is 1. The summed E-state index contributed by atoms with van der Waals surface area (Å²) in [5.74, 6) is 0.0948. The van der Waals surface area contributed by atoms with Gasteiger partial charge in [-0.3, -0.25) is 9.78 Å². The van der Waals surface area contributed by atoms with Crippen molar-refractivity contribution < 1.29 is 9.32 Å². The predicted molar refractivity (Wildman–Crippen MR) is 58.0 cm³/mol. The van der Waals surface area contributed by atoms with Crippen LogP contribution in [0, 0.1) is 0 Å². The minimum Gasteiger partial charge on any atom is -0.345 e. The van der Waals surface area contributed by atoms with Gasteiger partial charge < -0.3 is 9.84 Å². The molecule has 2 aromatic heterocycles. The number of carbonyl (C=O) groups is 1. The molecule has 0 unspecified atom stereocenters. The third kappa shape index (κ3) is 2.15. The number of aromatic nitrogens is 3. The molecule has 0 atom stereocenters. The largest absolute Gasteiger partial charge is 0.345 e. The number of rotatable bonds is 3. The molecule has 1 amide bonds. The highest BCUT2D eigenvalue weighted by atomic mass is 16.5. The fourth-order valence-corrected chi connectivity index (χ4v) is 1.41. The Hall–Kier alpha value is -2.24. The summed E-state index contributed by atoms with van der Waals surface area (Å²) in [5, 5.41) is 6.55. The van der Waals surface area contributed by atoms with Crippen LogP contribution in [0.3, 0.4) is 0 Å². The Bertz CT molecular complexity index is 533. The minimum atomic E-state index is -0.305. The first kappa shape index (κ1) is 9.95. The summed E-state index contributed by atoms with van der Waals surface area (Å²) in [5.41, 5.74) is 0.772. The maximum absolute atomic E-state index is 11.6. The van der Waals surface area contributed by atoms with Crippen LogP contribution in [-0.2, 0) is 0 Å². The fraction of sp³-hybridized carbons (Fsp3) is 0.273. The Balaban J connectivity index is 1.80. The molecule has 2 aromatic rings. The van der Waals surface area contributed by atoms with E-state index < -0.39 is 0 Å². The Morgan fingerprint density at radius 2 is 2.12 bits per heavy atom. The summed E-state index contributed by atoms with van der Waals surface area (Å²) in [6.45, 7) is 0. The molecule has 6 nitrogen and oxygen atoms in total. The molecule has 1 saturated carbocycles. The molecule has 0 aliphatic heterocycles. The molecule has 86 valence electrons. The Labute approximate surface area is 97.1 Å². The highest BCUT2D eigenvalue weighted by Gasteiger charge is 2.26. The van der Waals surface area contributed by atoms with E-state index in [4.69, 9.17) is 4.52 Å². The van der Waals surface area contributed by atoms with Gasteiger partial charge in [-0.2, -0.15) is 4.98 Å². The van der Waals surface area contributed by atoms with Crippen LogP contribution in [0.1, 0.15) is 23.5 Å². The topological polar surface area (TPSA) is 80.9 Å². The van der Waals surface area contributed by atoms with Gasteiger partial charge in [0.1, 0.15) is 0 Å². The van der Waals surface area contributed by atoms with Gasteiger partial charge in [0, 0.05) is 24.0 Å². The number of hydrogen-bond acceptors (Lipinski definition) is 5. The molecule has 0 spiro atoms. The van der Waals surface area contributed by atoms with Crippen LogP contribution in [0.5, 0.6) is 0 Å². The lowest BCUT2D eigenvalue weighted by Crippen LogP contribution is -2.25. The van der Waals surface area contributed by atoms with Crippen molar-refractivity contribution in [3.05, 3.63) is 30.4 Å². The van der Waals surface area contributed by atoms with Crippen molar-refractivity contribution in [1.29, 1.82) is 0 Å². The number of pyridine rings is 1. The van der Waals surface area contributed by atoms with Crippen LogP contribution in [0.2, 0.25) is 0 Å². The molecular weight excluding hydrogens is 220 g/mol. The maximum atomic E-state index is 11.6. The van der Waals surface area contributed by atoms with Crippen LogP contribution in [0.4, 0.5) is 0 Å². The molecule has 3 rings (SSSR count). The normalized spacial score (nSPS) is 14.6. The van der Waals surface area contributed by atoms with Crippen LogP contribution in [0.15, 0.2) is 29.0 Å². The average molecular weight is 230 g/mol. The maximum Gasteiger partial charge on any atom is 0.316 e. The quantitative estimate of drug-likeness (QED) is 0.851. The third-order valence-electron chi connectivity index (χ3n) is 2.47. The van der Waals surface area contributed by atoms with Gasteiger partial charge in [0.25, 0.3) is 0 Å². The molecule has 1 aliphatic rings. The second-order valence-electron chi connectivity index (χ2n) is 3.91. The summed E-state index contributed by atoms with van der Waals surface area (Å²) >= 11 is 0. The highest BCUT2D eigenvalue weighted by molar-refractivity contribution is 5.90. The van der Waals surface area contributed by atoms with Crippen LogP contribution >= 0.6 is 0 Å². The first-order valence-corrected chi connectivity index (χ1v) is 5.38. The number of amides is 1. The minimum absolute atomic E-state index is 0.00344. The van der Waals surface area contributed by atoms with E-state index in [-0.39, 0.29) is 17.8 Å². The summed E-state index contributed by atoms with van der Waals surface area (Å²) < 4.78 is 4.92. The lowest BCUT2D eigenvalue weighted by molar-refractivity contribution is 0.0907. The second-order valence-corrected chi connectivity index (χ2v) is 3.91. The number of carbonyl (C=O) groups excluding carboxylic acids is 1. The molecule has 1 fully saturated rings. The van der Waals surface area contributed by atoms with Crippen LogP contribution in [0.25, 0.3) is 11.4 Å². The van der Waals surface area contributed by atoms with Crippen LogP contribution in [-0.4, -0.2) is 27.1 Å². The van der Waals surface area contributed by atoms with E-state index >= 15 is 0 Å². The molecule has 1 aliphatic carbocycles. The molecule has 6 heteroatoms. The lowest BCUT2D eigenvalue weighted by atomic mass is 10.2. The van der Waals surface area contributed by atoms with Gasteiger partial charge in [-0.25, -0.2) is 0 Å². The molecule has 17 heavy (non-hydrogen) atoms. The zero-order chi connectivity index (χ0) is 11.7. The van der Waals surface area contributed by atoms with Crippen molar-refractivity contribution in [2.75, 3.05) is 0 Å². The summed E-state index contributed by atoms with van der Waals surface area (Å²) in [6, 6.07) is 3.79. The van der Waals surface area contributed by atoms with Crippen LogP contribution < -0.4 is 5.32 Å². The van der Waals surface area contributed by atoms with Gasteiger partial charge in [0.05, 0.1) is 0 Å². The van der Waals surface area contributed by atoms with E-state index in [2.05, 4.69) is 20.4 Å². The van der Waals surface area contributed by atoms with E-state index in [9.17, 15) is 4.79 Å². The molecule has 2 heterocycles. The molecular formula is C11H10N4O2. The van der Waals surface area contributed by atoms with Gasteiger partial charge >= 0.3 is 11.8 Å².